The fraction of sp³-hybridized carbons (Fsp3) is 1.00. The first-order valence-corrected chi connectivity index (χ1v) is 3.54. The molecule has 0 unspecified atom stereocenters. The molecule has 0 aromatic rings. The first kappa shape index (κ1) is 6.88. The molecule has 0 bridgehead atoms. The van der Waals surface area contributed by atoms with E-state index in [0.29, 0.717) is 3.12 Å². The molecule has 0 aliphatic rings. The van der Waals surface area contributed by atoms with Crippen molar-refractivity contribution < 1.29 is 24.7 Å². The third-order valence-corrected chi connectivity index (χ3v) is 1.75. The van der Waals surface area contributed by atoms with Crippen LogP contribution in [0.4, 0.5) is 0 Å². The molecule has 0 radical (unpaired) electrons. The summed E-state index contributed by atoms with van der Waals surface area (Å²) in [6, 6.07) is 0. The summed E-state index contributed by atoms with van der Waals surface area (Å²) in [5.74, 6) is 0. The Morgan fingerprint density at radius 1 is 1.50 bits per heavy atom. The van der Waals surface area contributed by atoms with Crippen LogP contribution in [0.3, 0.4) is 0 Å². The van der Waals surface area contributed by atoms with Crippen LogP contribution in [0.2, 0.25) is 3.12 Å². The van der Waals surface area contributed by atoms with E-state index in [9.17, 15) is 0 Å². The summed E-state index contributed by atoms with van der Waals surface area (Å²) >= 11 is 1.65. The number of rotatable bonds is 1. The van der Waals surface area contributed by atoms with Crippen molar-refractivity contribution in [1.82, 2.24) is 0 Å². The van der Waals surface area contributed by atoms with E-state index in [4.69, 9.17) is 0 Å². The summed E-state index contributed by atoms with van der Waals surface area (Å²) in [6.07, 6.45) is 1.31. The molecule has 0 rings (SSSR count). The average molecular weight is 162 g/mol. The molecule has 0 spiro atoms. The van der Waals surface area contributed by atoms with E-state index in [-0.39, 0.29) is 0 Å². The van der Waals surface area contributed by atoms with Gasteiger partial charge < -0.3 is 0 Å². The molecule has 0 amide bonds. The fourth-order valence-corrected chi connectivity index (χ4v) is 0. The Bertz CT molecular complexity index is 33.7. The van der Waals surface area contributed by atoms with Gasteiger partial charge in [-0.2, -0.15) is 0 Å². The van der Waals surface area contributed by atoms with Crippen molar-refractivity contribution in [2.45, 2.75) is 30.3 Å². The van der Waals surface area contributed by atoms with Gasteiger partial charge in [-0.15, -0.1) is 0 Å². The fourth-order valence-electron chi connectivity index (χ4n) is 0. The van der Waals surface area contributed by atoms with Crippen molar-refractivity contribution in [3.63, 3.8) is 0 Å². The third kappa shape index (κ3) is 4.88. The molecule has 35 valence electrons. The van der Waals surface area contributed by atoms with E-state index in [1.165, 1.54) is 6.42 Å². The van der Waals surface area contributed by atoms with Gasteiger partial charge in [-0.05, 0) is 0 Å². The molecular weight excluding hydrogens is 151 g/mol. The van der Waals surface area contributed by atoms with E-state index in [2.05, 4.69) is 20.8 Å². The number of hydrogen-bond donors (Lipinski definition) is 0. The van der Waals surface area contributed by atoms with E-state index in [1.54, 1.807) is 24.7 Å². The molecule has 0 nitrogen and oxygen atoms in total. The van der Waals surface area contributed by atoms with Crippen molar-refractivity contribution in [1.29, 1.82) is 0 Å². The van der Waals surface area contributed by atoms with Crippen LogP contribution in [-0.2, 0) is 24.7 Å². The Balaban J connectivity index is 3.17. The molecule has 0 aromatic heterocycles. The second-order valence-corrected chi connectivity index (χ2v) is 5.56. The molecule has 6 heavy (non-hydrogen) atoms. The molecule has 0 saturated carbocycles. The monoisotopic (exact) mass is 161 g/mol. The van der Waals surface area contributed by atoms with Crippen molar-refractivity contribution in [2.24, 2.45) is 0 Å². The Morgan fingerprint density at radius 3 is 1.67 bits per heavy atom. The Hall–Kier alpha value is 0.883. The molecule has 0 N–H and O–H groups in total. The molecule has 0 aliphatic carbocycles. The van der Waals surface area contributed by atoms with Gasteiger partial charge in [0, 0.05) is 0 Å². The van der Waals surface area contributed by atoms with Crippen LogP contribution in [0.5, 0.6) is 0 Å². The molecule has 0 atom stereocenters. The molecule has 0 fully saturated rings. The van der Waals surface area contributed by atoms with E-state index < -0.39 is 0 Å². The standard InChI is InChI=1S/C5H11.Zr/c1-4-5(2)3;/h4H2,1-3H3;. The molecular formula is C5H11Zr. The van der Waals surface area contributed by atoms with Gasteiger partial charge in [-0.1, -0.05) is 0 Å². The van der Waals surface area contributed by atoms with Crippen LogP contribution in [0.1, 0.15) is 27.2 Å². The predicted molar refractivity (Wildman–Crippen MR) is 24.3 cm³/mol. The average Bonchev–Trinajstić information content (AvgIpc) is 1.35. The Morgan fingerprint density at radius 2 is 1.67 bits per heavy atom. The SMILES string of the molecule is CC[C](C)(C)[Zr]. The normalized spacial score (nSPS) is 11.7. The summed E-state index contributed by atoms with van der Waals surface area (Å²) < 4.78 is 0.632. The molecule has 0 aliphatic heterocycles. The summed E-state index contributed by atoms with van der Waals surface area (Å²) in [4.78, 5) is 0. The van der Waals surface area contributed by atoms with Gasteiger partial charge in [0.2, 0.25) is 0 Å². The van der Waals surface area contributed by atoms with Gasteiger partial charge >= 0.3 is 55.0 Å². The second kappa shape index (κ2) is 2.26. The molecule has 0 aromatic carbocycles. The van der Waals surface area contributed by atoms with Crippen LogP contribution in [0, 0.1) is 0 Å². The molecule has 1 heteroatoms. The van der Waals surface area contributed by atoms with Gasteiger partial charge in [-0.25, -0.2) is 0 Å². The van der Waals surface area contributed by atoms with Crippen LogP contribution in [-0.4, -0.2) is 0 Å². The minimum atomic E-state index is 0.632. The van der Waals surface area contributed by atoms with Gasteiger partial charge in [0.05, 0.1) is 0 Å². The zero-order chi connectivity index (χ0) is 5.21. The van der Waals surface area contributed by atoms with E-state index in [1.807, 2.05) is 0 Å². The van der Waals surface area contributed by atoms with Gasteiger partial charge in [0.25, 0.3) is 0 Å². The van der Waals surface area contributed by atoms with Crippen molar-refractivity contribution in [2.75, 3.05) is 0 Å². The Labute approximate surface area is 55.2 Å². The second-order valence-electron chi connectivity index (χ2n) is 2.24. The van der Waals surface area contributed by atoms with Crippen LogP contribution in [0.15, 0.2) is 0 Å². The van der Waals surface area contributed by atoms with Crippen LogP contribution in [0.25, 0.3) is 0 Å². The number of hydrogen-bond acceptors (Lipinski definition) is 0. The zero-order valence-corrected chi connectivity index (χ0v) is 7.17. The third-order valence-electron chi connectivity index (χ3n) is 0.884. The summed E-state index contributed by atoms with van der Waals surface area (Å²) in [6.45, 7) is 6.80. The summed E-state index contributed by atoms with van der Waals surface area (Å²) in [7, 11) is 0. The maximum absolute atomic E-state index is 2.28. The van der Waals surface area contributed by atoms with Crippen LogP contribution < -0.4 is 0 Å². The van der Waals surface area contributed by atoms with Crippen LogP contribution >= 0.6 is 0 Å². The first-order valence-electron chi connectivity index (χ1n) is 2.31. The zero-order valence-electron chi connectivity index (χ0n) is 4.71. The maximum atomic E-state index is 2.28. The van der Waals surface area contributed by atoms with Crippen molar-refractivity contribution in [3.8, 4) is 0 Å². The summed E-state index contributed by atoms with van der Waals surface area (Å²) in [5, 5.41) is 0. The van der Waals surface area contributed by atoms with Crippen molar-refractivity contribution in [3.05, 3.63) is 0 Å². The predicted octanol–water partition coefficient (Wildman–Crippen LogP) is 2.14. The van der Waals surface area contributed by atoms with Gasteiger partial charge in [0.1, 0.15) is 0 Å². The topological polar surface area (TPSA) is 0 Å². The summed E-state index contributed by atoms with van der Waals surface area (Å²) in [5.41, 5.74) is 0. The van der Waals surface area contributed by atoms with E-state index >= 15 is 0 Å². The Kier molecular flexibility index (Phi) is 2.59. The van der Waals surface area contributed by atoms with Gasteiger partial charge in [-0.3, -0.25) is 0 Å². The quantitative estimate of drug-likeness (QED) is 0.554. The van der Waals surface area contributed by atoms with Gasteiger partial charge in [0.15, 0.2) is 0 Å². The minimum absolute atomic E-state index is 0.632. The first-order chi connectivity index (χ1) is 2.56. The molecule has 0 saturated heterocycles. The molecule has 0 heterocycles. The van der Waals surface area contributed by atoms with E-state index in [0.717, 1.165) is 0 Å². The van der Waals surface area contributed by atoms with Crippen molar-refractivity contribution >= 4 is 0 Å².